The molecule has 0 spiro atoms. The van der Waals surface area contributed by atoms with Crippen molar-refractivity contribution in [2.45, 2.75) is 32.2 Å². The van der Waals surface area contributed by atoms with E-state index < -0.39 is 0 Å². The molecule has 0 aromatic rings. The maximum absolute atomic E-state index is 12.4. The van der Waals surface area contributed by atoms with Crippen LogP contribution in [0, 0.1) is 11.8 Å². The van der Waals surface area contributed by atoms with Crippen molar-refractivity contribution in [1.29, 1.82) is 0 Å². The molecule has 1 N–H and O–H groups in total. The summed E-state index contributed by atoms with van der Waals surface area (Å²) in [6, 6.07) is 0.442. The van der Waals surface area contributed by atoms with E-state index in [1.54, 1.807) is 6.92 Å². The Hall–Kier alpha value is -1.26. The van der Waals surface area contributed by atoms with Gasteiger partial charge in [-0.25, -0.2) is 0 Å². The van der Waals surface area contributed by atoms with Crippen LogP contribution in [0.2, 0.25) is 0 Å². The highest BCUT2D eigenvalue weighted by molar-refractivity contribution is 6.00. The first-order chi connectivity index (χ1) is 10.1. The number of hydrogen-bond donors (Lipinski definition) is 1. The van der Waals surface area contributed by atoms with Gasteiger partial charge in [0, 0.05) is 30.6 Å². The van der Waals surface area contributed by atoms with E-state index in [0.717, 1.165) is 37.9 Å². The molecule has 2 heterocycles. The molecule has 0 aromatic heterocycles. The topological polar surface area (TPSA) is 49.4 Å². The molecule has 1 fully saturated rings. The van der Waals surface area contributed by atoms with Crippen LogP contribution >= 0.6 is 0 Å². The Labute approximate surface area is 125 Å². The molecular weight excluding hydrogens is 264 g/mol. The van der Waals surface area contributed by atoms with Crippen LogP contribution in [0.5, 0.6) is 0 Å². The molecule has 2 aliphatic heterocycles. The Morgan fingerprint density at radius 1 is 1.24 bits per heavy atom. The van der Waals surface area contributed by atoms with Crippen LogP contribution in [-0.2, 0) is 9.59 Å². The van der Waals surface area contributed by atoms with E-state index in [1.165, 1.54) is 16.7 Å². The van der Waals surface area contributed by atoms with Crippen LogP contribution in [0.1, 0.15) is 26.2 Å². The Morgan fingerprint density at radius 3 is 2.81 bits per heavy atom. The minimum absolute atomic E-state index is 0.0169. The second-order valence-electron chi connectivity index (χ2n) is 7.02. The summed E-state index contributed by atoms with van der Waals surface area (Å²) < 4.78 is 0. The summed E-state index contributed by atoms with van der Waals surface area (Å²) in [5, 5.41) is 3.60. The Morgan fingerprint density at radius 2 is 2.05 bits per heavy atom. The van der Waals surface area contributed by atoms with Gasteiger partial charge in [0.15, 0.2) is 5.78 Å². The lowest BCUT2D eigenvalue weighted by atomic mass is 9.67. The van der Waals surface area contributed by atoms with Gasteiger partial charge >= 0.3 is 0 Å². The fourth-order valence-electron chi connectivity index (χ4n) is 4.77. The fourth-order valence-corrected chi connectivity index (χ4v) is 4.77. The predicted molar refractivity (Wildman–Crippen MR) is 79.9 cm³/mol. The van der Waals surface area contributed by atoms with Crippen molar-refractivity contribution >= 4 is 11.6 Å². The molecule has 112 valence electrons. The van der Waals surface area contributed by atoms with Gasteiger partial charge in [0.25, 0.3) is 0 Å². The summed E-state index contributed by atoms with van der Waals surface area (Å²) in [5.74, 6) is 0.985. The molecule has 21 heavy (non-hydrogen) atoms. The van der Waals surface area contributed by atoms with Gasteiger partial charge in [-0.1, -0.05) is 0 Å². The number of nitrogens with one attached hydrogen (secondary N) is 1. The van der Waals surface area contributed by atoms with E-state index in [9.17, 15) is 9.59 Å². The zero-order chi connectivity index (χ0) is 14.7. The summed E-state index contributed by atoms with van der Waals surface area (Å²) in [5.41, 5.74) is 4.92. The van der Waals surface area contributed by atoms with Gasteiger partial charge in [0.2, 0.25) is 0 Å². The van der Waals surface area contributed by atoms with Gasteiger partial charge in [-0.15, -0.1) is 0 Å². The van der Waals surface area contributed by atoms with Crippen LogP contribution in [0.4, 0.5) is 0 Å². The quantitative estimate of drug-likeness (QED) is 0.784. The largest absolute Gasteiger partial charge is 0.310 e. The average molecular weight is 286 g/mol. The Bertz CT molecular complexity index is 602. The van der Waals surface area contributed by atoms with Crippen molar-refractivity contribution in [3.63, 3.8) is 0 Å². The number of rotatable bonds is 1. The van der Waals surface area contributed by atoms with E-state index in [1.807, 2.05) is 7.05 Å². The van der Waals surface area contributed by atoms with Gasteiger partial charge < -0.3 is 5.32 Å². The van der Waals surface area contributed by atoms with E-state index in [0.29, 0.717) is 18.5 Å². The summed E-state index contributed by atoms with van der Waals surface area (Å²) in [6.45, 7) is 4.02. The van der Waals surface area contributed by atoms with Gasteiger partial charge in [-0.05, 0) is 55.9 Å². The molecule has 0 amide bonds. The van der Waals surface area contributed by atoms with E-state index in [-0.39, 0.29) is 17.5 Å². The molecule has 0 aromatic carbocycles. The smallest absolute Gasteiger partial charge is 0.173 e. The maximum atomic E-state index is 12.4. The third-order valence-electron chi connectivity index (χ3n) is 5.64. The zero-order valence-electron chi connectivity index (χ0n) is 12.7. The number of ketones is 2. The van der Waals surface area contributed by atoms with Gasteiger partial charge in [-0.3, -0.25) is 14.5 Å². The Balaban J connectivity index is 1.90. The second kappa shape index (κ2) is 4.62. The number of likely N-dealkylation sites (N-methyl/N-ethyl adjacent to an activating group) is 1. The normalized spacial score (nSPS) is 35.9. The van der Waals surface area contributed by atoms with E-state index >= 15 is 0 Å². The van der Waals surface area contributed by atoms with Crippen LogP contribution in [-0.4, -0.2) is 49.2 Å². The lowest BCUT2D eigenvalue weighted by Gasteiger charge is -2.40. The minimum Gasteiger partial charge on any atom is -0.310 e. The monoisotopic (exact) mass is 286 g/mol. The van der Waals surface area contributed by atoms with E-state index in [4.69, 9.17) is 0 Å². The SMILES string of the molecule is CC(=O)C1CCC2NCC3CC4=C(CN(C)CC4=O)C1=C32. The summed E-state index contributed by atoms with van der Waals surface area (Å²) >= 11 is 0. The third kappa shape index (κ3) is 1.89. The fraction of sp³-hybridized carbons (Fsp3) is 0.647. The molecule has 3 unspecified atom stereocenters. The average Bonchev–Trinajstić information content (AvgIpc) is 2.84. The van der Waals surface area contributed by atoms with E-state index in [2.05, 4.69) is 10.2 Å². The number of carbonyl (C=O) groups is 2. The molecule has 4 heteroatoms. The number of Topliss-reactive ketones (excluding diaryl/α,β-unsaturated/α-hetero) is 2. The zero-order valence-corrected chi connectivity index (χ0v) is 12.7. The summed E-state index contributed by atoms with van der Waals surface area (Å²) in [6.07, 6.45) is 2.87. The molecule has 4 rings (SSSR count). The predicted octanol–water partition coefficient (Wildman–Crippen LogP) is 1.08. The van der Waals surface area contributed by atoms with Crippen LogP contribution in [0.3, 0.4) is 0 Å². The highest BCUT2D eigenvalue weighted by Gasteiger charge is 2.45. The standard InChI is InChI=1S/C17H22N2O2/c1-9(20)11-3-4-14-16-10(6-18-14)5-12-13(17(11)16)7-19(2)8-15(12)21/h10-11,14,18H,3-8H2,1-2H3. The number of hydrogen-bond acceptors (Lipinski definition) is 4. The van der Waals surface area contributed by atoms with Crippen LogP contribution in [0.15, 0.2) is 22.3 Å². The summed E-state index contributed by atoms with van der Waals surface area (Å²) in [4.78, 5) is 26.7. The molecule has 3 atom stereocenters. The number of nitrogens with zero attached hydrogens (tertiary/aromatic N) is 1. The van der Waals surface area contributed by atoms with Crippen molar-refractivity contribution < 1.29 is 9.59 Å². The Kier molecular flexibility index (Phi) is 2.95. The number of fused-ring (bicyclic) bond motifs is 1. The first-order valence-electron chi connectivity index (χ1n) is 7.98. The highest BCUT2D eigenvalue weighted by atomic mass is 16.1. The molecule has 1 saturated heterocycles. The molecule has 0 saturated carbocycles. The molecule has 0 bridgehead atoms. The van der Waals surface area contributed by atoms with Crippen molar-refractivity contribution in [2.75, 3.05) is 26.7 Å². The van der Waals surface area contributed by atoms with Gasteiger partial charge in [-0.2, -0.15) is 0 Å². The highest BCUT2D eigenvalue weighted by Crippen LogP contribution is 2.48. The molecule has 0 radical (unpaired) electrons. The first-order valence-corrected chi connectivity index (χ1v) is 7.98. The summed E-state index contributed by atoms with van der Waals surface area (Å²) in [7, 11) is 2.00. The van der Waals surface area contributed by atoms with Crippen molar-refractivity contribution in [3.8, 4) is 0 Å². The molecule has 2 aliphatic carbocycles. The third-order valence-corrected chi connectivity index (χ3v) is 5.64. The van der Waals surface area contributed by atoms with Crippen molar-refractivity contribution in [1.82, 2.24) is 10.2 Å². The maximum Gasteiger partial charge on any atom is 0.173 e. The van der Waals surface area contributed by atoms with Crippen molar-refractivity contribution in [3.05, 3.63) is 22.3 Å². The first kappa shape index (κ1) is 13.4. The van der Waals surface area contributed by atoms with Gasteiger partial charge in [0.1, 0.15) is 5.78 Å². The number of carbonyl (C=O) groups excluding carboxylic acids is 2. The molecular formula is C17H22N2O2. The molecule has 4 aliphatic rings. The lowest BCUT2D eigenvalue weighted by Crippen LogP contribution is -2.41. The second-order valence-corrected chi connectivity index (χ2v) is 7.02. The van der Waals surface area contributed by atoms with Gasteiger partial charge in [0.05, 0.1) is 6.54 Å². The van der Waals surface area contributed by atoms with Crippen LogP contribution < -0.4 is 5.32 Å². The van der Waals surface area contributed by atoms with Crippen LogP contribution in [0.25, 0.3) is 0 Å². The lowest BCUT2D eigenvalue weighted by molar-refractivity contribution is -0.120. The molecule has 4 nitrogen and oxygen atoms in total. The minimum atomic E-state index is 0.0169. The van der Waals surface area contributed by atoms with Crippen molar-refractivity contribution in [2.24, 2.45) is 11.8 Å².